The van der Waals surface area contributed by atoms with Crippen LogP contribution < -0.4 is 0 Å². The van der Waals surface area contributed by atoms with E-state index in [4.69, 9.17) is 0 Å². The third-order valence-electron chi connectivity index (χ3n) is 3.43. The second-order valence-corrected chi connectivity index (χ2v) is 5.54. The lowest BCUT2D eigenvalue weighted by molar-refractivity contribution is 0.771. The SMILES string of the molecule is Cc1ccc(C)c(CC(CBr)c2ccccc2)c1. The Bertz CT molecular complexity index is 502. The summed E-state index contributed by atoms with van der Waals surface area (Å²) in [6.07, 6.45) is 1.10. The number of hydrogen-bond acceptors (Lipinski definition) is 0. The van der Waals surface area contributed by atoms with E-state index in [9.17, 15) is 0 Å². The molecule has 94 valence electrons. The van der Waals surface area contributed by atoms with Gasteiger partial charge in [-0.1, -0.05) is 70.0 Å². The highest BCUT2D eigenvalue weighted by Gasteiger charge is 2.12. The van der Waals surface area contributed by atoms with Crippen molar-refractivity contribution in [1.29, 1.82) is 0 Å². The van der Waals surface area contributed by atoms with E-state index >= 15 is 0 Å². The van der Waals surface area contributed by atoms with Gasteiger partial charge in [0, 0.05) is 5.33 Å². The Labute approximate surface area is 118 Å². The highest BCUT2D eigenvalue weighted by molar-refractivity contribution is 9.09. The molecule has 0 aliphatic carbocycles. The van der Waals surface area contributed by atoms with E-state index in [1.807, 2.05) is 0 Å². The Morgan fingerprint density at radius 1 is 1.00 bits per heavy atom. The van der Waals surface area contributed by atoms with Crippen LogP contribution in [0.5, 0.6) is 0 Å². The molecule has 0 N–H and O–H groups in total. The Hall–Kier alpha value is -1.08. The standard InChI is InChI=1S/C17H19Br/c1-13-8-9-14(2)16(10-13)11-17(12-18)15-6-4-3-5-7-15/h3-10,17H,11-12H2,1-2H3. The minimum absolute atomic E-state index is 0.548. The smallest absolute Gasteiger partial charge is 0.0103 e. The number of hydrogen-bond donors (Lipinski definition) is 0. The number of alkyl halides is 1. The molecular formula is C17H19Br. The Balaban J connectivity index is 2.23. The molecule has 0 aromatic heterocycles. The Morgan fingerprint density at radius 2 is 1.72 bits per heavy atom. The van der Waals surface area contributed by atoms with Crippen molar-refractivity contribution in [2.75, 3.05) is 5.33 Å². The van der Waals surface area contributed by atoms with E-state index in [2.05, 4.69) is 78.3 Å². The monoisotopic (exact) mass is 302 g/mol. The number of halogens is 1. The van der Waals surface area contributed by atoms with Gasteiger partial charge in [0.05, 0.1) is 0 Å². The van der Waals surface area contributed by atoms with Crippen molar-refractivity contribution >= 4 is 15.9 Å². The molecule has 0 aliphatic rings. The molecule has 0 radical (unpaired) electrons. The maximum atomic E-state index is 3.65. The van der Waals surface area contributed by atoms with E-state index in [1.165, 1.54) is 22.3 Å². The zero-order chi connectivity index (χ0) is 13.0. The van der Waals surface area contributed by atoms with Crippen molar-refractivity contribution in [2.45, 2.75) is 26.2 Å². The van der Waals surface area contributed by atoms with Crippen molar-refractivity contribution in [3.63, 3.8) is 0 Å². The van der Waals surface area contributed by atoms with Crippen molar-refractivity contribution < 1.29 is 0 Å². The van der Waals surface area contributed by atoms with E-state index in [0.29, 0.717) is 5.92 Å². The van der Waals surface area contributed by atoms with Crippen molar-refractivity contribution in [1.82, 2.24) is 0 Å². The van der Waals surface area contributed by atoms with Gasteiger partial charge < -0.3 is 0 Å². The van der Waals surface area contributed by atoms with Gasteiger partial charge in [0.15, 0.2) is 0 Å². The summed E-state index contributed by atoms with van der Waals surface area (Å²) in [4.78, 5) is 0. The third-order valence-corrected chi connectivity index (χ3v) is 4.21. The largest absolute Gasteiger partial charge is 0.0921 e. The fourth-order valence-corrected chi connectivity index (χ4v) is 2.88. The number of benzene rings is 2. The van der Waals surface area contributed by atoms with Gasteiger partial charge in [-0.25, -0.2) is 0 Å². The molecule has 2 aromatic rings. The lowest BCUT2D eigenvalue weighted by Gasteiger charge is -2.16. The molecule has 0 fully saturated rings. The number of aryl methyl sites for hydroxylation is 2. The zero-order valence-electron chi connectivity index (χ0n) is 11.0. The third kappa shape index (κ3) is 3.23. The molecular weight excluding hydrogens is 284 g/mol. The summed E-state index contributed by atoms with van der Waals surface area (Å²) in [7, 11) is 0. The maximum Gasteiger partial charge on any atom is 0.0103 e. The second-order valence-electron chi connectivity index (χ2n) is 4.90. The summed E-state index contributed by atoms with van der Waals surface area (Å²) in [5.41, 5.74) is 5.61. The Kier molecular flexibility index (Phi) is 4.60. The molecule has 0 heterocycles. The van der Waals surface area contributed by atoms with Crippen LogP contribution in [0.15, 0.2) is 48.5 Å². The van der Waals surface area contributed by atoms with E-state index in [-0.39, 0.29) is 0 Å². The summed E-state index contributed by atoms with van der Waals surface area (Å²) < 4.78 is 0. The van der Waals surface area contributed by atoms with Crippen LogP contribution in [-0.4, -0.2) is 5.33 Å². The molecule has 0 bridgehead atoms. The first-order chi connectivity index (χ1) is 8.70. The first-order valence-electron chi connectivity index (χ1n) is 6.37. The van der Waals surface area contributed by atoms with Gasteiger partial charge in [-0.05, 0) is 42.9 Å². The van der Waals surface area contributed by atoms with E-state index < -0.39 is 0 Å². The summed E-state index contributed by atoms with van der Waals surface area (Å²) in [5.74, 6) is 0.548. The molecule has 1 heteroatoms. The maximum absolute atomic E-state index is 3.65. The van der Waals surface area contributed by atoms with Crippen molar-refractivity contribution in [3.05, 3.63) is 70.8 Å². The molecule has 0 amide bonds. The molecule has 2 rings (SSSR count). The van der Waals surface area contributed by atoms with Gasteiger partial charge in [-0.2, -0.15) is 0 Å². The summed E-state index contributed by atoms with van der Waals surface area (Å²) in [6, 6.07) is 17.5. The first kappa shape index (κ1) is 13.4. The topological polar surface area (TPSA) is 0 Å². The predicted molar refractivity (Wildman–Crippen MR) is 82.6 cm³/mol. The van der Waals surface area contributed by atoms with Crippen LogP contribution in [0.1, 0.15) is 28.2 Å². The van der Waals surface area contributed by atoms with Gasteiger partial charge in [-0.3, -0.25) is 0 Å². The molecule has 2 aromatic carbocycles. The minimum Gasteiger partial charge on any atom is -0.0921 e. The Morgan fingerprint density at radius 3 is 2.39 bits per heavy atom. The fourth-order valence-electron chi connectivity index (χ4n) is 2.27. The average Bonchev–Trinajstić information content (AvgIpc) is 2.41. The van der Waals surface area contributed by atoms with Crippen molar-refractivity contribution in [2.24, 2.45) is 0 Å². The highest BCUT2D eigenvalue weighted by Crippen LogP contribution is 2.25. The van der Waals surface area contributed by atoms with Gasteiger partial charge in [0.1, 0.15) is 0 Å². The van der Waals surface area contributed by atoms with Gasteiger partial charge in [-0.15, -0.1) is 0 Å². The molecule has 0 nitrogen and oxygen atoms in total. The summed E-state index contributed by atoms with van der Waals surface area (Å²) in [5, 5.41) is 1.00. The molecule has 1 unspecified atom stereocenters. The van der Waals surface area contributed by atoms with Crippen LogP contribution in [-0.2, 0) is 6.42 Å². The lowest BCUT2D eigenvalue weighted by atomic mass is 9.91. The second kappa shape index (κ2) is 6.19. The number of rotatable bonds is 4. The van der Waals surface area contributed by atoms with Crippen LogP contribution in [0, 0.1) is 13.8 Å². The summed E-state index contributed by atoms with van der Waals surface area (Å²) in [6.45, 7) is 4.36. The average molecular weight is 303 g/mol. The van der Waals surface area contributed by atoms with Gasteiger partial charge in [0.2, 0.25) is 0 Å². The zero-order valence-corrected chi connectivity index (χ0v) is 12.6. The van der Waals surface area contributed by atoms with Crippen molar-refractivity contribution in [3.8, 4) is 0 Å². The predicted octanol–water partition coefficient (Wildman–Crippen LogP) is 5.02. The molecule has 0 aliphatic heterocycles. The molecule has 1 atom stereocenters. The normalized spacial score (nSPS) is 12.4. The molecule has 0 spiro atoms. The van der Waals surface area contributed by atoms with Crippen LogP contribution in [0.4, 0.5) is 0 Å². The fraction of sp³-hybridized carbons (Fsp3) is 0.294. The van der Waals surface area contributed by atoms with Crippen LogP contribution in [0.2, 0.25) is 0 Å². The van der Waals surface area contributed by atoms with Crippen LogP contribution in [0.25, 0.3) is 0 Å². The quantitative estimate of drug-likeness (QED) is 0.695. The van der Waals surface area contributed by atoms with Crippen LogP contribution in [0.3, 0.4) is 0 Å². The van der Waals surface area contributed by atoms with E-state index in [0.717, 1.165) is 11.8 Å². The first-order valence-corrected chi connectivity index (χ1v) is 7.50. The van der Waals surface area contributed by atoms with E-state index in [1.54, 1.807) is 0 Å². The van der Waals surface area contributed by atoms with Crippen LogP contribution >= 0.6 is 15.9 Å². The van der Waals surface area contributed by atoms with Gasteiger partial charge in [0.25, 0.3) is 0 Å². The summed E-state index contributed by atoms with van der Waals surface area (Å²) >= 11 is 3.65. The molecule has 0 saturated heterocycles. The lowest BCUT2D eigenvalue weighted by Crippen LogP contribution is -2.05. The highest BCUT2D eigenvalue weighted by atomic mass is 79.9. The van der Waals surface area contributed by atoms with Gasteiger partial charge >= 0.3 is 0 Å². The molecule has 18 heavy (non-hydrogen) atoms. The minimum atomic E-state index is 0.548. The molecule has 0 saturated carbocycles.